The molecule has 68 valence electrons. The van der Waals surface area contributed by atoms with Crippen molar-refractivity contribution in [2.45, 2.75) is 45.4 Å². The number of Topliss-reactive ketones (excluding diaryl/α,β-unsaturated/α-hetero) is 1. The van der Waals surface area contributed by atoms with Gasteiger partial charge in [0.1, 0.15) is 0 Å². The predicted molar refractivity (Wildman–Crippen MR) is 46.7 cm³/mol. The summed E-state index contributed by atoms with van der Waals surface area (Å²) in [5, 5.41) is 6.51. The molecule has 2 saturated heterocycles. The minimum atomic E-state index is -0.200. The average Bonchev–Trinajstić information content (AvgIpc) is 2.56. The van der Waals surface area contributed by atoms with Crippen molar-refractivity contribution in [3.05, 3.63) is 0 Å². The molecule has 2 aliphatic heterocycles. The number of hydrogen-bond acceptors (Lipinski definition) is 3. The van der Waals surface area contributed by atoms with Crippen LogP contribution in [-0.2, 0) is 4.79 Å². The van der Waals surface area contributed by atoms with Gasteiger partial charge >= 0.3 is 0 Å². The maximum Gasteiger partial charge on any atom is 0.155 e. The van der Waals surface area contributed by atoms with Gasteiger partial charge in [-0.3, -0.25) is 15.4 Å². The van der Waals surface area contributed by atoms with Crippen LogP contribution >= 0.6 is 0 Å². The van der Waals surface area contributed by atoms with Crippen molar-refractivity contribution in [2.24, 2.45) is 5.41 Å². The summed E-state index contributed by atoms with van der Waals surface area (Å²) in [7, 11) is 0. The van der Waals surface area contributed by atoms with E-state index in [0.29, 0.717) is 18.0 Å². The van der Waals surface area contributed by atoms with Crippen LogP contribution in [0.25, 0.3) is 0 Å². The van der Waals surface area contributed by atoms with E-state index in [1.54, 1.807) is 0 Å². The smallest absolute Gasteiger partial charge is 0.155 e. The van der Waals surface area contributed by atoms with Crippen molar-refractivity contribution >= 4 is 5.78 Å². The molecule has 3 nitrogen and oxygen atoms in total. The molecule has 0 amide bonds. The first-order valence-electron chi connectivity index (χ1n) is 4.55. The van der Waals surface area contributed by atoms with Crippen molar-refractivity contribution in [3.63, 3.8) is 0 Å². The number of rotatable bonds is 1. The van der Waals surface area contributed by atoms with Gasteiger partial charge in [-0.25, -0.2) is 0 Å². The Morgan fingerprint density at radius 1 is 1.33 bits per heavy atom. The largest absolute Gasteiger partial charge is 0.297 e. The number of hydrogen-bond donors (Lipinski definition) is 2. The van der Waals surface area contributed by atoms with Crippen LogP contribution < -0.4 is 10.6 Å². The maximum absolute atomic E-state index is 11.7. The van der Waals surface area contributed by atoms with E-state index >= 15 is 0 Å². The molecule has 2 heterocycles. The summed E-state index contributed by atoms with van der Waals surface area (Å²) < 4.78 is 0. The molecule has 0 radical (unpaired) electrons. The highest BCUT2D eigenvalue weighted by molar-refractivity contribution is 5.89. The molecule has 0 aliphatic carbocycles. The Bertz CT molecular complexity index is 209. The lowest BCUT2D eigenvalue weighted by Gasteiger charge is -2.22. The Kier molecular flexibility index (Phi) is 1.57. The van der Waals surface area contributed by atoms with Gasteiger partial charge in [0.15, 0.2) is 5.78 Å². The highest BCUT2D eigenvalue weighted by atomic mass is 16.1. The third-order valence-corrected chi connectivity index (χ3v) is 2.61. The standard InChI is InChI=1S/C9H16N2O/c1-9(2,3)7(12)5-4-6-8(10-5)11-6/h5-6,8,10-11H,4H2,1-3H3. The lowest BCUT2D eigenvalue weighted by Crippen LogP contribution is -2.42. The third kappa shape index (κ3) is 1.27. The summed E-state index contributed by atoms with van der Waals surface area (Å²) in [6, 6.07) is 0.669. The fourth-order valence-electron chi connectivity index (χ4n) is 1.79. The van der Waals surface area contributed by atoms with Gasteiger partial charge in [0, 0.05) is 11.5 Å². The summed E-state index contributed by atoms with van der Waals surface area (Å²) >= 11 is 0. The molecule has 2 aliphatic rings. The van der Waals surface area contributed by atoms with Crippen LogP contribution in [0, 0.1) is 5.41 Å². The Labute approximate surface area is 72.9 Å². The van der Waals surface area contributed by atoms with Crippen LogP contribution in [-0.4, -0.2) is 24.0 Å². The van der Waals surface area contributed by atoms with Crippen molar-refractivity contribution in [1.29, 1.82) is 0 Å². The molecule has 2 rings (SSSR count). The van der Waals surface area contributed by atoms with Gasteiger partial charge in [0.25, 0.3) is 0 Å². The van der Waals surface area contributed by atoms with Gasteiger partial charge in [-0.15, -0.1) is 0 Å². The number of ketones is 1. The van der Waals surface area contributed by atoms with E-state index in [0.717, 1.165) is 6.42 Å². The third-order valence-electron chi connectivity index (χ3n) is 2.61. The Morgan fingerprint density at radius 2 is 2.00 bits per heavy atom. The molecule has 2 N–H and O–H groups in total. The Balaban J connectivity index is 1.97. The Morgan fingerprint density at radius 3 is 2.42 bits per heavy atom. The second kappa shape index (κ2) is 2.30. The topological polar surface area (TPSA) is 51.0 Å². The lowest BCUT2D eigenvalue weighted by molar-refractivity contribution is -0.128. The first-order valence-corrected chi connectivity index (χ1v) is 4.55. The van der Waals surface area contributed by atoms with E-state index in [1.165, 1.54) is 0 Å². The van der Waals surface area contributed by atoms with E-state index in [9.17, 15) is 4.79 Å². The summed E-state index contributed by atoms with van der Waals surface area (Å²) in [5.41, 5.74) is -0.200. The molecular weight excluding hydrogens is 152 g/mol. The normalized spacial score (nSPS) is 39.4. The van der Waals surface area contributed by atoms with Crippen molar-refractivity contribution in [3.8, 4) is 0 Å². The Hall–Kier alpha value is -0.410. The highest BCUT2D eigenvalue weighted by Crippen LogP contribution is 2.28. The molecule has 0 saturated carbocycles. The van der Waals surface area contributed by atoms with Gasteiger partial charge in [0.2, 0.25) is 0 Å². The van der Waals surface area contributed by atoms with E-state index in [2.05, 4.69) is 10.6 Å². The molecule has 0 bridgehead atoms. The molecule has 3 atom stereocenters. The fraction of sp³-hybridized carbons (Fsp3) is 0.889. The predicted octanol–water partition coefficient (Wildman–Crippen LogP) is 0.261. The van der Waals surface area contributed by atoms with Crippen LogP contribution in [0.1, 0.15) is 27.2 Å². The molecule has 0 aromatic heterocycles. The second-order valence-corrected chi connectivity index (χ2v) is 4.82. The van der Waals surface area contributed by atoms with Gasteiger partial charge in [-0.2, -0.15) is 0 Å². The van der Waals surface area contributed by atoms with Gasteiger partial charge < -0.3 is 0 Å². The van der Waals surface area contributed by atoms with Crippen LogP contribution in [0.2, 0.25) is 0 Å². The highest BCUT2D eigenvalue weighted by Gasteiger charge is 2.48. The molecular formula is C9H16N2O. The summed E-state index contributed by atoms with van der Waals surface area (Å²) in [4.78, 5) is 11.7. The van der Waals surface area contributed by atoms with E-state index in [4.69, 9.17) is 0 Å². The molecule has 12 heavy (non-hydrogen) atoms. The zero-order valence-corrected chi connectivity index (χ0v) is 7.85. The number of fused-ring (bicyclic) bond motifs is 1. The molecule has 0 aromatic carbocycles. The quantitative estimate of drug-likeness (QED) is 0.552. The summed E-state index contributed by atoms with van der Waals surface area (Å²) in [5.74, 6) is 0.344. The number of carbonyl (C=O) groups excluding carboxylic acids is 1. The van der Waals surface area contributed by atoms with E-state index in [1.807, 2.05) is 20.8 Å². The van der Waals surface area contributed by atoms with E-state index < -0.39 is 0 Å². The monoisotopic (exact) mass is 168 g/mol. The zero-order valence-electron chi connectivity index (χ0n) is 7.85. The van der Waals surface area contributed by atoms with Gasteiger partial charge in [0.05, 0.1) is 12.2 Å². The zero-order chi connectivity index (χ0) is 8.93. The molecule has 0 aromatic rings. The van der Waals surface area contributed by atoms with Crippen LogP contribution in [0.15, 0.2) is 0 Å². The van der Waals surface area contributed by atoms with Gasteiger partial charge in [-0.1, -0.05) is 20.8 Å². The number of carbonyl (C=O) groups is 1. The molecule has 2 fully saturated rings. The number of nitrogens with one attached hydrogen (secondary N) is 2. The van der Waals surface area contributed by atoms with Crippen LogP contribution in [0.5, 0.6) is 0 Å². The molecule has 0 spiro atoms. The second-order valence-electron chi connectivity index (χ2n) is 4.82. The van der Waals surface area contributed by atoms with E-state index in [-0.39, 0.29) is 11.5 Å². The first kappa shape index (κ1) is 8.20. The summed E-state index contributed by atoms with van der Waals surface area (Å²) in [6.07, 6.45) is 1.40. The van der Waals surface area contributed by atoms with Crippen LogP contribution in [0.3, 0.4) is 0 Å². The molecule has 3 heteroatoms. The minimum absolute atomic E-state index is 0.0984. The van der Waals surface area contributed by atoms with Crippen molar-refractivity contribution in [1.82, 2.24) is 10.6 Å². The minimum Gasteiger partial charge on any atom is -0.297 e. The summed E-state index contributed by atoms with van der Waals surface area (Å²) in [6.45, 7) is 5.94. The molecule has 3 unspecified atom stereocenters. The maximum atomic E-state index is 11.7. The van der Waals surface area contributed by atoms with Crippen molar-refractivity contribution < 1.29 is 4.79 Å². The SMILES string of the molecule is CC(C)(C)C(=O)C1CC2NC2N1. The lowest BCUT2D eigenvalue weighted by atomic mass is 9.86. The fourth-order valence-corrected chi connectivity index (χ4v) is 1.79. The average molecular weight is 168 g/mol. The van der Waals surface area contributed by atoms with Crippen LogP contribution in [0.4, 0.5) is 0 Å². The first-order chi connectivity index (χ1) is 5.48. The van der Waals surface area contributed by atoms with Crippen molar-refractivity contribution in [2.75, 3.05) is 0 Å². The van der Waals surface area contributed by atoms with Gasteiger partial charge in [-0.05, 0) is 6.42 Å².